The van der Waals surface area contributed by atoms with Gasteiger partial charge >= 0.3 is 12.0 Å². The molecular formula is C15H19ClN2O3. The molecule has 1 aliphatic heterocycles. The quantitative estimate of drug-likeness (QED) is 0.901. The van der Waals surface area contributed by atoms with Gasteiger partial charge < -0.3 is 15.3 Å². The van der Waals surface area contributed by atoms with Crippen LogP contribution in [0.3, 0.4) is 0 Å². The number of urea groups is 1. The fourth-order valence-corrected chi connectivity index (χ4v) is 2.53. The minimum absolute atomic E-state index is 0.229. The number of hydrogen-bond donors (Lipinski definition) is 2. The van der Waals surface area contributed by atoms with Crippen molar-refractivity contribution < 1.29 is 14.7 Å². The molecule has 1 aromatic carbocycles. The van der Waals surface area contributed by atoms with Gasteiger partial charge in [-0.2, -0.15) is 0 Å². The summed E-state index contributed by atoms with van der Waals surface area (Å²) in [5, 5.41) is 12.7. The van der Waals surface area contributed by atoms with E-state index in [1.807, 2.05) is 19.1 Å². The van der Waals surface area contributed by atoms with E-state index in [2.05, 4.69) is 5.32 Å². The van der Waals surface area contributed by atoms with Crippen LogP contribution in [-0.2, 0) is 11.3 Å². The SMILES string of the molecule is Cc1cc(CNC(=O)N2CCC(C)(C(=O)O)C2)ccc1Cl. The molecule has 1 saturated heterocycles. The van der Waals surface area contributed by atoms with Crippen LogP contribution in [-0.4, -0.2) is 35.1 Å². The Morgan fingerprint density at radius 3 is 2.76 bits per heavy atom. The number of carboxylic acids is 1. The molecular weight excluding hydrogens is 292 g/mol. The molecule has 1 atom stereocenters. The van der Waals surface area contributed by atoms with Crippen LogP contribution in [0.5, 0.6) is 0 Å². The van der Waals surface area contributed by atoms with Gasteiger partial charge in [0.1, 0.15) is 0 Å². The second-order valence-corrected chi connectivity index (χ2v) is 6.19. The number of carbonyl (C=O) groups is 2. The van der Waals surface area contributed by atoms with E-state index < -0.39 is 11.4 Å². The van der Waals surface area contributed by atoms with E-state index in [0.29, 0.717) is 24.5 Å². The third-order valence-corrected chi connectivity index (χ3v) is 4.37. The highest BCUT2D eigenvalue weighted by molar-refractivity contribution is 6.31. The third-order valence-electron chi connectivity index (χ3n) is 3.94. The first kappa shape index (κ1) is 15.6. The molecule has 5 nitrogen and oxygen atoms in total. The maximum absolute atomic E-state index is 12.1. The number of benzene rings is 1. The Morgan fingerprint density at radius 1 is 1.48 bits per heavy atom. The highest BCUT2D eigenvalue weighted by Crippen LogP contribution is 2.30. The van der Waals surface area contributed by atoms with E-state index in [9.17, 15) is 9.59 Å². The van der Waals surface area contributed by atoms with Crippen molar-refractivity contribution >= 4 is 23.6 Å². The summed E-state index contributed by atoms with van der Waals surface area (Å²) in [6.07, 6.45) is 0.482. The molecule has 1 aliphatic rings. The average Bonchev–Trinajstić information content (AvgIpc) is 2.84. The second kappa shape index (κ2) is 5.93. The van der Waals surface area contributed by atoms with Crippen molar-refractivity contribution in [3.63, 3.8) is 0 Å². The minimum Gasteiger partial charge on any atom is -0.481 e. The lowest BCUT2D eigenvalue weighted by Gasteiger charge is -2.20. The Bertz CT molecular complexity index is 576. The first-order valence-corrected chi connectivity index (χ1v) is 7.21. The molecule has 1 fully saturated rings. The summed E-state index contributed by atoms with van der Waals surface area (Å²) < 4.78 is 0. The zero-order chi connectivity index (χ0) is 15.6. The number of carboxylic acid groups (broad SMARTS) is 1. The largest absolute Gasteiger partial charge is 0.481 e. The van der Waals surface area contributed by atoms with Crippen LogP contribution < -0.4 is 5.32 Å². The monoisotopic (exact) mass is 310 g/mol. The van der Waals surface area contributed by atoms with E-state index in [1.165, 1.54) is 0 Å². The molecule has 21 heavy (non-hydrogen) atoms. The van der Waals surface area contributed by atoms with Crippen LogP contribution in [0.2, 0.25) is 5.02 Å². The molecule has 1 heterocycles. The molecule has 2 rings (SSSR count). The van der Waals surface area contributed by atoms with Crippen molar-refractivity contribution in [1.82, 2.24) is 10.2 Å². The third kappa shape index (κ3) is 3.47. The number of aryl methyl sites for hydroxylation is 1. The summed E-state index contributed by atoms with van der Waals surface area (Å²) >= 11 is 5.96. The second-order valence-electron chi connectivity index (χ2n) is 5.78. The summed E-state index contributed by atoms with van der Waals surface area (Å²) in [6, 6.07) is 5.36. The van der Waals surface area contributed by atoms with E-state index in [4.69, 9.17) is 16.7 Å². The normalized spacial score (nSPS) is 21.4. The smallest absolute Gasteiger partial charge is 0.317 e. The van der Waals surface area contributed by atoms with Gasteiger partial charge in [-0.15, -0.1) is 0 Å². The van der Waals surface area contributed by atoms with E-state index in [-0.39, 0.29) is 12.6 Å². The van der Waals surface area contributed by atoms with Gasteiger partial charge in [-0.05, 0) is 37.5 Å². The number of likely N-dealkylation sites (tertiary alicyclic amines) is 1. The molecule has 6 heteroatoms. The molecule has 0 radical (unpaired) electrons. The van der Waals surface area contributed by atoms with E-state index in [0.717, 1.165) is 11.1 Å². The highest BCUT2D eigenvalue weighted by atomic mass is 35.5. The maximum Gasteiger partial charge on any atom is 0.317 e. The van der Waals surface area contributed by atoms with Crippen molar-refractivity contribution in [2.45, 2.75) is 26.8 Å². The first-order valence-electron chi connectivity index (χ1n) is 6.83. The van der Waals surface area contributed by atoms with Gasteiger partial charge in [0, 0.05) is 24.7 Å². The van der Waals surface area contributed by atoms with Crippen molar-refractivity contribution in [1.29, 1.82) is 0 Å². The summed E-state index contributed by atoms with van der Waals surface area (Å²) in [7, 11) is 0. The number of halogens is 1. The van der Waals surface area contributed by atoms with Crippen LogP contribution in [0, 0.1) is 12.3 Å². The maximum atomic E-state index is 12.1. The lowest BCUT2D eigenvalue weighted by Crippen LogP contribution is -2.40. The van der Waals surface area contributed by atoms with Gasteiger partial charge in [0.05, 0.1) is 5.41 Å². The molecule has 0 spiro atoms. The van der Waals surface area contributed by atoms with Gasteiger partial charge in [0.25, 0.3) is 0 Å². The first-order chi connectivity index (χ1) is 9.82. The van der Waals surface area contributed by atoms with Crippen molar-refractivity contribution in [2.75, 3.05) is 13.1 Å². The van der Waals surface area contributed by atoms with Crippen molar-refractivity contribution in [3.8, 4) is 0 Å². The standard InChI is InChI=1S/C15H19ClN2O3/c1-10-7-11(3-4-12(10)16)8-17-14(21)18-6-5-15(2,9-18)13(19)20/h3-4,7H,5-6,8-9H2,1-2H3,(H,17,21)(H,19,20). The number of rotatable bonds is 3. The fraction of sp³-hybridized carbons (Fsp3) is 0.467. The van der Waals surface area contributed by atoms with Crippen molar-refractivity contribution in [3.05, 3.63) is 34.3 Å². The highest BCUT2D eigenvalue weighted by Gasteiger charge is 2.42. The average molecular weight is 311 g/mol. The number of hydrogen-bond acceptors (Lipinski definition) is 2. The minimum atomic E-state index is -0.855. The molecule has 2 amide bonds. The predicted molar refractivity (Wildman–Crippen MR) is 80.4 cm³/mol. The number of nitrogens with one attached hydrogen (secondary N) is 1. The Hall–Kier alpha value is -1.75. The van der Waals surface area contributed by atoms with Crippen LogP contribution in [0.25, 0.3) is 0 Å². The van der Waals surface area contributed by atoms with Crippen LogP contribution >= 0.6 is 11.6 Å². The number of carbonyl (C=O) groups excluding carboxylic acids is 1. The molecule has 0 saturated carbocycles. The summed E-state index contributed by atoms with van der Waals surface area (Å²) in [4.78, 5) is 24.8. The summed E-state index contributed by atoms with van der Waals surface area (Å²) in [5.41, 5.74) is 1.09. The number of nitrogens with zero attached hydrogens (tertiary/aromatic N) is 1. The Balaban J connectivity index is 1.91. The fourth-order valence-electron chi connectivity index (χ4n) is 2.42. The lowest BCUT2D eigenvalue weighted by atomic mass is 9.90. The molecule has 0 aromatic heterocycles. The van der Waals surface area contributed by atoms with E-state index >= 15 is 0 Å². The topological polar surface area (TPSA) is 69.6 Å². The summed E-state index contributed by atoms with van der Waals surface area (Å²) in [6.45, 7) is 4.69. The zero-order valence-electron chi connectivity index (χ0n) is 12.1. The van der Waals surface area contributed by atoms with Crippen molar-refractivity contribution in [2.24, 2.45) is 5.41 Å². The molecule has 0 aliphatic carbocycles. The Kier molecular flexibility index (Phi) is 4.42. The van der Waals surface area contributed by atoms with E-state index in [1.54, 1.807) is 17.9 Å². The number of amides is 2. The number of aliphatic carboxylic acids is 1. The molecule has 0 bridgehead atoms. The Labute approximate surface area is 128 Å². The van der Waals surface area contributed by atoms with Gasteiger partial charge in [0.2, 0.25) is 0 Å². The van der Waals surface area contributed by atoms with Crippen LogP contribution in [0.15, 0.2) is 18.2 Å². The lowest BCUT2D eigenvalue weighted by molar-refractivity contribution is -0.146. The zero-order valence-corrected chi connectivity index (χ0v) is 12.9. The van der Waals surface area contributed by atoms with Gasteiger partial charge in [-0.25, -0.2) is 4.79 Å². The Morgan fingerprint density at radius 2 is 2.19 bits per heavy atom. The van der Waals surface area contributed by atoms with Crippen LogP contribution in [0.4, 0.5) is 4.79 Å². The predicted octanol–water partition coefficient (Wildman–Crippen LogP) is 2.65. The molecule has 114 valence electrons. The van der Waals surface area contributed by atoms with Gasteiger partial charge in [-0.1, -0.05) is 23.7 Å². The van der Waals surface area contributed by atoms with Gasteiger partial charge in [-0.3, -0.25) is 4.79 Å². The van der Waals surface area contributed by atoms with Crippen LogP contribution in [0.1, 0.15) is 24.5 Å². The molecule has 2 N–H and O–H groups in total. The van der Waals surface area contributed by atoms with Gasteiger partial charge in [0.15, 0.2) is 0 Å². The summed E-state index contributed by atoms with van der Waals surface area (Å²) in [5.74, 6) is -0.855. The molecule has 1 aromatic rings. The molecule has 1 unspecified atom stereocenters.